The third-order valence-electron chi connectivity index (χ3n) is 2.91. The van der Waals surface area contributed by atoms with Gasteiger partial charge in [-0.1, -0.05) is 80.5 Å². The van der Waals surface area contributed by atoms with Crippen LogP contribution in [0.2, 0.25) is 0 Å². The van der Waals surface area contributed by atoms with E-state index in [9.17, 15) is 0 Å². The fourth-order valence-electron chi connectivity index (χ4n) is 1.90. The third kappa shape index (κ3) is 6.80. The quantitative estimate of drug-likeness (QED) is 0.518. The largest absolute Gasteiger partial charge is 0.0630 e. The fraction of sp³-hybridized carbons (Fsp3) is 0.684. The third-order valence-corrected chi connectivity index (χ3v) is 2.91. The Morgan fingerprint density at radius 1 is 0.789 bits per heavy atom. The van der Waals surface area contributed by atoms with E-state index in [2.05, 4.69) is 87.4 Å². The van der Waals surface area contributed by atoms with Gasteiger partial charge in [0.25, 0.3) is 0 Å². The van der Waals surface area contributed by atoms with Gasteiger partial charge in [-0.25, -0.2) is 0 Å². The molecule has 110 valence electrons. The summed E-state index contributed by atoms with van der Waals surface area (Å²) in [4.78, 5) is 0. The number of rotatable bonds is 0. The maximum Gasteiger partial charge on any atom is -0.0129 e. The minimum atomic E-state index is 0.241. The molecule has 1 rings (SSSR count). The van der Waals surface area contributed by atoms with Crippen LogP contribution >= 0.6 is 0 Å². The van der Waals surface area contributed by atoms with Crippen LogP contribution < -0.4 is 0 Å². The van der Waals surface area contributed by atoms with Crippen LogP contribution in [0.25, 0.3) is 0 Å². The average molecular weight is 262 g/mol. The van der Waals surface area contributed by atoms with E-state index < -0.39 is 0 Å². The molecule has 1 aromatic rings. The van der Waals surface area contributed by atoms with Gasteiger partial charge < -0.3 is 0 Å². The monoisotopic (exact) mass is 262 g/mol. The molecule has 0 spiro atoms. The Kier molecular flexibility index (Phi) is 6.32. The first-order chi connectivity index (χ1) is 8.35. The summed E-state index contributed by atoms with van der Waals surface area (Å²) in [6.07, 6.45) is 0. The summed E-state index contributed by atoms with van der Waals surface area (Å²) in [5, 5.41) is 0. The second-order valence-electron chi connectivity index (χ2n) is 8.26. The van der Waals surface area contributed by atoms with Crippen molar-refractivity contribution in [2.45, 2.75) is 80.1 Å². The first kappa shape index (κ1) is 18.2. The van der Waals surface area contributed by atoms with Crippen LogP contribution in [0.3, 0.4) is 0 Å². The first-order valence-electron chi connectivity index (χ1n) is 7.47. The summed E-state index contributed by atoms with van der Waals surface area (Å²) in [6.45, 7) is 22.3. The summed E-state index contributed by atoms with van der Waals surface area (Å²) in [5.74, 6) is 0.833. The molecule has 0 aliphatic rings. The summed E-state index contributed by atoms with van der Waals surface area (Å²) < 4.78 is 0. The highest BCUT2D eigenvalue weighted by Crippen LogP contribution is 2.30. The molecule has 0 heteroatoms. The van der Waals surface area contributed by atoms with Gasteiger partial charge >= 0.3 is 0 Å². The molecule has 0 atom stereocenters. The van der Waals surface area contributed by atoms with Gasteiger partial charge in [-0.2, -0.15) is 0 Å². The molecular weight excluding hydrogens is 228 g/mol. The molecule has 0 heterocycles. The number of hydrogen-bond donors (Lipinski definition) is 0. The molecule has 0 bridgehead atoms. The van der Waals surface area contributed by atoms with Crippen molar-refractivity contribution in [1.29, 1.82) is 0 Å². The van der Waals surface area contributed by atoms with E-state index in [4.69, 9.17) is 0 Å². The van der Waals surface area contributed by atoms with Gasteiger partial charge in [-0.05, 0) is 40.4 Å². The summed E-state index contributed by atoms with van der Waals surface area (Å²) >= 11 is 0. The van der Waals surface area contributed by atoms with E-state index in [1.165, 1.54) is 16.7 Å². The number of aryl methyl sites for hydroxylation is 1. The maximum absolute atomic E-state index is 2.37. The Balaban J connectivity index is 0.000000711. The molecule has 0 N–H and O–H groups in total. The van der Waals surface area contributed by atoms with Gasteiger partial charge in [0.2, 0.25) is 0 Å². The highest BCUT2D eigenvalue weighted by atomic mass is 14.2. The van der Waals surface area contributed by atoms with Crippen LogP contribution in [-0.4, -0.2) is 0 Å². The highest BCUT2D eigenvalue weighted by Gasteiger charge is 2.20. The van der Waals surface area contributed by atoms with Crippen molar-refractivity contribution in [3.8, 4) is 0 Å². The SMILES string of the molecule is CC(C)C.Cc1ccc(C(C)(C)C)cc1C(C)(C)C. The molecular formula is C19H34. The van der Waals surface area contributed by atoms with E-state index in [0.717, 1.165) is 5.92 Å². The Hall–Kier alpha value is -0.780. The van der Waals surface area contributed by atoms with E-state index in [-0.39, 0.29) is 10.8 Å². The lowest BCUT2D eigenvalue weighted by Crippen LogP contribution is -2.17. The lowest BCUT2D eigenvalue weighted by Gasteiger charge is -2.26. The fourth-order valence-corrected chi connectivity index (χ4v) is 1.90. The molecule has 0 unspecified atom stereocenters. The van der Waals surface area contributed by atoms with Crippen LogP contribution in [-0.2, 0) is 10.8 Å². The van der Waals surface area contributed by atoms with Crippen molar-refractivity contribution in [3.63, 3.8) is 0 Å². The van der Waals surface area contributed by atoms with E-state index in [1.54, 1.807) is 0 Å². The van der Waals surface area contributed by atoms with E-state index >= 15 is 0 Å². The van der Waals surface area contributed by atoms with Gasteiger partial charge in [0.05, 0.1) is 0 Å². The van der Waals surface area contributed by atoms with Crippen molar-refractivity contribution in [1.82, 2.24) is 0 Å². The summed E-state index contributed by atoms with van der Waals surface area (Å²) in [7, 11) is 0. The topological polar surface area (TPSA) is 0 Å². The second-order valence-corrected chi connectivity index (χ2v) is 8.26. The molecule has 0 radical (unpaired) electrons. The van der Waals surface area contributed by atoms with Crippen molar-refractivity contribution in [2.75, 3.05) is 0 Å². The predicted octanol–water partition coefficient (Wildman–Crippen LogP) is 6.25. The molecule has 0 saturated heterocycles. The second kappa shape index (κ2) is 6.59. The highest BCUT2D eigenvalue weighted by molar-refractivity contribution is 5.38. The normalized spacial score (nSPS) is 12.2. The molecule has 0 saturated carbocycles. The van der Waals surface area contributed by atoms with Crippen molar-refractivity contribution < 1.29 is 0 Å². The number of hydrogen-bond acceptors (Lipinski definition) is 0. The molecule has 0 amide bonds. The van der Waals surface area contributed by atoms with Crippen LogP contribution in [0.5, 0.6) is 0 Å². The molecule has 0 nitrogen and oxygen atoms in total. The summed E-state index contributed by atoms with van der Waals surface area (Å²) in [6, 6.07) is 6.88. The van der Waals surface area contributed by atoms with Gasteiger partial charge in [0.15, 0.2) is 0 Å². The molecule has 0 fully saturated rings. The lowest BCUT2D eigenvalue weighted by molar-refractivity contribution is 0.566. The van der Waals surface area contributed by atoms with Gasteiger partial charge in [0.1, 0.15) is 0 Å². The Labute approximate surface area is 121 Å². The van der Waals surface area contributed by atoms with Crippen LogP contribution in [0.4, 0.5) is 0 Å². The molecule has 0 aliphatic carbocycles. The minimum absolute atomic E-state index is 0.241. The molecule has 1 aromatic carbocycles. The molecule has 0 aliphatic heterocycles. The van der Waals surface area contributed by atoms with Gasteiger partial charge in [0, 0.05) is 0 Å². The Morgan fingerprint density at radius 3 is 1.53 bits per heavy atom. The predicted molar refractivity (Wildman–Crippen MR) is 89.1 cm³/mol. The average Bonchev–Trinajstić information content (AvgIpc) is 2.13. The number of benzene rings is 1. The van der Waals surface area contributed by atoms with Crippen LogP contribution in [0.1, 0.15) is 79.0 Å². The molecule has 19 heavy (non-hydrogen) atoms. The Morgan fingerprint density at radius 2 is 1.21 bits per heavy atom. The van der Waals surface area contributed by atoms with Gasteiger partial charge in [-0.3, -0.25) is 0 Å². The van der Waals surface area contributed by atoms with Gasteiger partial charge in [-0.15, -0.1) is 0 Å². The lowest BCUT2D eigenvalue weighted by atomic mass is 9.79. The van der Waals surface area contributed by atoms with Crippen LogP contribution in [0.15, 0.2) is 18.2 Å². The van der Waals surface area contributed by atoms with Crippen molar-refractivity contribution in [3.05, 3.63) is 34.9 Å². The van der Waals surface area contributed by atoms with E-state index in [0.29, 0.717) is 0 Å². The van der Waals surface area contributed by atoms with Crippen molar-refractivity contribution >= 4 is 0 Å². The molecule has 0 aromatic heterocycles. The van der Waals surface area contributed by atoms with E-state index in [1.807, 2.05) is 0 Å². The Bertz CT molecular complexity index is 381. The zero-order valence-corrected chi connectivity index (χ0v) is 14.8. The van der Waals surface area contributed by atoms with Crippen molar-refractivity contribution in [2.24, 2.45) is 5.92 Å². The standard InChI is InChI=1S/C15H24.C4H10/c1-11-8-9-12(14(2,3)4)10-13(11)15(5,6)7;1-4(2)3/h8-10H,1-7H3;4H,1-3H3. The maximum atomic E-state index is 2.37. The summed E-state index contributed by atoms with van der Waals surface area (Å²) in [5.41, 5.74) is 4.78. The zero-order valence-electron chi connectivity index (χ0n) is 14.8. The first-order valence-corrected chi connectivity index (χ1v) is 7.47. The van der Waals surface area contributed by atoms with Crippen LogP contribution in [0, 0.1) is 12.8 Å². The smallest absolute Gasteiger partial charge is 0.0129 e. The minimum Gasteiger partial charge on any atom is -0.0630 e. The zero-order chi connectivity index (χ0) is 15.4.